The first-order valence-electron chi connectivity index (χ1n) is 6.65. The van der Waals surface area contributed by atoms with Crippen molar-refractivity contribution in [3.8, 4) is 0 Å². The van der Waals surface area contributed by atoms with Crippen LogP contribution in [0.4, 0.5) is 0 Å². The molecule has 0 aliphatic carbocycles. The van der Waals surface area contributed by atoms with Crippen molar-refractivity contribution < 1.29 is 13.2 Å². The largest absolute Gasteiger partial charge is 0.368 e. The fourth-order valence-electron chi connectivity index (χ4n) is 2.31. The Morgan fingerprint density at radius 3 is 2.57 bits per heavy atom. The van der Waals surface area contributed by atoms with Crippen molar-refractivity contribution in [2.24, 2.45) is 5.73 Å². The van der Waals surface area contributed by atoms with E-state index in [1.165, 1.54) is 10.4 Å². The van der Waals surface area contributed by atoms with E-state index >= 15 is 0 Å². The van der Waals surface area contributed by atoms with E-state index in [2.05, 4.69) is 0 Å². The third-order valence-corrected chi connectivity index (χ3v) is 5.23. The SMILES string of the molecule is NC(=O)[C@H]1CCCCN1S(=O)(=O)/C=C/c1ccc(Cl)cc1. The molecule has 0 aromatic heterocycles. The first kappa shape index (κ1) is 16.0. The van der Waals surface area contributed by atoms with Crippen molar-refractivity contribution in [2.45, 2.75) is 25.3 Å². The van der Waals surface area contributed by atoms with Gasteiger partial charge in [-0.15, -0.1) is 0 Å². The van der Waals surface area contributed by atoms with Gasteiger partial charge in [0, 0.05) is 17.0 Å². The van der Waals surface area contributed by atoms with E-state index in [0.29, 0.717) is 18.0 Å². The first-order chi connectivity index (χ1) is 9.90. The summed E-state index contributed by atoms with van der Waals surface area (Å²) in [6, 6.07) is 6.05. The van der Waals surface area contributed by atoms with Crippen molar-refractivity contribution in [3.63, 3.8) is 0 Å². The molecule has 0 spiro atoms. The maximum atomic E-state index is 12.3. The van der Waals surface area contributed by atoms with Crippen LogP contribution < -0.4 is 5.73 Å². The van der Waals surface area contributed by atoms with Crippen LogP contribution in [0.1, 0.15) is 24.8 Å². The predicted octanol–water partition coefficient (Wildman–Crippen LogP) is 1.98. The van der Waals surface area contributed by atoms with Gasteiger partial charge in [0.1, 0.15) is 6.04 Å². The Kier molecular flexibility index (Phi) is 5.03. The number of rotatable bonds is 4. The average Bonchev–Trinajstić information content (AvgIpc) is 2.47. The monoisotopic (exact) mass is 328 g/mol. The Morgan fingerprint density at radius 2 is 1.95 bits per heavy atom. The number of hydrogen-bond acceptors (Lipinski definition) is 3. The van der Waals surface area contributed by atoms with Gasteiger partial charge in [0.25, 0.3) is 0 Å². The van der Waals surface area contributed by atoms with E-state index in [0.717, 1.165) is 23.8 Å². The van der Waals surface area contributed by atoms with Crippen LogP contribution in [0.15, 0.2) is 29.7 Å². The van der Waals surface area contributed by atoms with E-state index in [9.17, 15) is 13.2 Å². The Hall–Kier alpha value is -1.37. The fourth-order valence-corrected chi connectivity index (χ4v) is 3.87. The van der Waals surface area contributed by atoms with Crippen LogP contribution in [0, 0.1) is 0 Å². The van der Waals surface area contributed by atoms with Crippen molar-refractivity contribution >= 4 is 33.6 Å². The minimum absolute atomic E-state index is 0.320. The number of carbonyl (C=O) groups excluding carboxylic acids is 1. The standard InChI is InChI=1S/C14H17ClN2O3S/c15-12-6-4-11(5-7-12)8-10-21(19,20)17-9-2-1-3-13(17)14(16)18/h4-8,10,13H,1-3,9H2,(H2,16,18)/b10-8+/t13-/m1/s1. The van der Waals surface area contributed by atoms with E-state index in [1.807, 2.05) is 0 Å². The number of piperidine rings is 1. The zero-order valence-electron chi connectivity index (χ0n) is 11.4. The highest BCUT2D eigenvalue weighted by Gasteiger charge is 2.34. The smallest absolute Gasteiger partial charge is 0.236 e. The number of amides is 1. The minimum Gasteiger partial charge on any atom is -0.368 e. The van der Waals surface area contributed by atoms with Crippen LogP contribution in [0.25, 0.3) is 6.08 Å². The van der Waals surface area contributed by atoms with Crippen LogP contribution in [0.5, 0.6) is 0 Å². The molecule has 2 N–H and O–H groups in total. The molecule has 1 heterocycles. The van der Waals surface area contributed by atoms with Gasteiger partial charge < -0.3 is 5.73 Å². The predicted molar refractivity (Wildman–Crippen MR) is 82.9 cm³/mol. The molecule has 0 radical (unpaired) electrons. The molecule has 7 heteroatoms. The van der Waals surface area contributed by atoms with Crippen LogP contribution in [0.2, 0.25) is 5.02 Å². The number of hydrogen-bond donors (Lipinski definition) is 1. The molecule has 1 aliphatic heterocycles. The molecule has 1 aromatic carbocycles. The zero-order valence-corrected chi connectivity index (χ0v) is 13.0. The normalized spacial score (nSPS) is 20.7. The van der Waals surface area contributed by atoms with Crippen LogP contribution >= 0.6 is 11.6 Å². The van der Waals surface area contributed by atoms with Gasteiger partial charge >= 0.3 is 0 Å². The molecule has 0 unspecified atom stereocenters. The van der Waals surface area contributed by atoms with Crippen molar-refractivity contribution in [2.75, 3.05) is 6.54 Å². The summed E-state index contributed by atoms with van der Waals surface area (Å²) in [5.74, 6) is -0.599. The summed E-state index contributed by atoms with van der Waals surface area (Å²) in [4.78, 5) is 11.4. The van der Waals surface area contributed by atoms with Crippen LogP contribution in [-0.2, 0) is 14.8 Å². The summed E-state index contributed by atoms with van der Waals surface area (Å²) < 4.78 is 25.9. The first-order valence-corrected chi connectivity index (χ1v) is 8.53. The summed E-state index contributed by atoms with van der Waals surface area (Å²) in [6.45, 7) is 0.320. The Balaban J connectivity index is 2.20. The van der Waals surface area contributed by atoms with Gasteiger partial charge in [-0.25, -0.2) is 8.42 Å². The van der Waals surface area contributed by atoms with E-state index in [-0.39, 0.29) is 0 Å². The van der Waals surface area contributed by atoms with Crippen LogP contribution in [0.3, 0.4) is 0 Å². The molecule has 0 saturated carbocycles. The molecule has 5 nitrogen and oxygen atoms in total. The van der Waals surface area contributed by atoms with Gasteiger partial charge in [0.05, 0.1) is 0 Å². The third-order valence-electron chi connectivity index (χ3n) is 3.41. The summed E-state index contributed by atoms with van der Waals surface area (Å²) in [5.41, 5.74) is 6.01. The highest BCUT2D eigenvalue weighted by atomic mass is 35.5. The molecular weight excluding hydrogens is 312 g/mol. The Morgan fingerprint density at radius 1 is 1.29 bits per heavy atom. The Bertz CT molecular complexity index is 641. The second kappa shape index (κ2) is 6.60. The van der Waals surface area contributed by atoms with Crippen molar-refractivity contribution in [1.82, 2.24) is 4.31 Å². The summed E-state index contributed by atoms with van der Waals surface area (Å²) in [6.07, 6.45) is 3.50. The summed E-state index contributed by atoms with van der Waals surface area (Å²) in [5, 5.41) is 1.69. The molecule has 2 rings (SSSR count). The molecular formula is C14H17ClN2O3S. The lowest BCUT2D eigenvalue weighted by molar-refractivity contribution is -0.122. The van der Waals surface area contributed by atoms with Crippen molar-refractivity contribution in [1.29, 1.82) is 0 Å². The number of sulfonamides is 1. The second-order valence-electron chi connectivity index (χ2n) is 4.92. The second-order valence-corrected chi connectivity index (χ2v) is 7.13. The van der Waals surface area contributed by atoms with E-state index in [4.69, 9.17) is 17.3 Å². The molecule has 1 atom stereocenters. The molecule has 114 valence electrons. The van der Waals surface area contributed by atoms with Gasteiger partial charge in [0.15, 0.2) is 0 Å². The molecule has 1 aromatic rings. The summed E-state index contributed by atoms with van der Waals surface area (Å²) >= 11 is 5.78. The van der Waals surface area contributed by atoms with Crippen LogP contribution in [-0.4, -0.2) is 31.2 Å². The third kappa shape index (κ3) is 4.06. The van der Waals surface area contributed by atoms with Gasteiger partial charge in [-0.2, -0.15) is 4.31 Å². The lowest BCUT2D eigenvalue weighted by atomic mass is 10.0. The number of carbonyl (C=O) groups is 1. The van der Waals surface area contributed by atoms with Crippen molar-refractivity contribution in [3.05, 3.63) is 40.3 Å². The molecule has 21 heavy (non-hydrogen) atoms. The van der Waals surface area contributed by atoms with E-state index < -0.39 is 22.0 Å². The average molecular weight is 329 g/mol. The van der Waals surface area contributed by atoms with Gasteiger partial charge in [-0.3, -0.25) is 4.79 Å². The number of nitrogens with zero attached hydrogens (tertiary/aromatic N) is 1. The van der Waals surface area contributed by atoms with Gasteiger partial charge in [-0.1, -0.05) is 30.2 Å². The lowest BCUT2D eigenvalue weighted by Crippen LogP contribution is -2.49. The number of benzene rings is 1. The molecule has 1 aliphatic rings. The molecule has 1 fully saturated rings. The fraction of sp³-hybridized carbons (Fsp3) is 0.357. The number of nitrogens with two attached hydrogens (primary N) is 1. The number of primary amides is 1. The maximum Gasteiger partial charge on any atom is 0.236 e. The quantitative estimate of drug-likeness (QED) is 0.917. The zero-order chi connectivity index (χ0) is 15.5. The van der Waals surface area contributed by atoms with E-state index in [1.54, 1.807) is 24.3 Å². The highest BCUT2D eigenvalue weighted by Crippen LogP contribution is 2.22. The lowest BCUT2D eigenvalue weighted by Gasteiger charge is -2.31. The topological polar surface area (TPSA) is 80.5 Å². The molecule has 1 amide bonds. The minimum atomic E-state index is -3.67. The molecule has 0 bridgehead atoms. The highest BCUT2D eigenvalue weighted by molar-refractivity contribution is 7.92. The Labute approximate surface area is 129 Å². The number of halogens is 1. The summed E-state index contributed by atoms with van der Waals surface area (Å²) in [7, 11) is -3.67. The van der Waals surface area contributed by atoms with Gasteiger partial charge in [0.2, 0.25) is 15.9 Å². The maximum absolute atomic E-state index is 12.3. The van der Waals surface area contributed by atoms with Gasteiger partial charge in [-0.05, 0) is 36.6 Å². The molecule has 1 saturated heterocycles.